The van der Waals surface area contributed by atoms with Gasteiger partial charge in [0.15, 0.2) is 11.5 Å². The van der Waals surface area contributed by atoms with Gasteiger partial charge in [-0.05, 0) is 37.1 Å². The largest absolute Gasteiger partial charge is 0.493 e. The fourth-order valence-electron chi connectivity index (χ4n) is 1.68. The van der Waals surface area contributed by atoms with E-state index in [0.717, 1.165) is 24.2 Å². The first-order valence-electron chi connectivity index (χ1n) is 7.36. The van der Waals surface area contributed by atoms with Gasteiger partial charge < -0.3 is 14.4 Å². The SMILES string of the molecule is CCCCOc1ccc(/C=C/C(=O)N(C)CC)cc1OC. The Kier molecular flexibility index (Phi) is 7.37. The van der Waals surface area contributed by atoms with Gasteiger partial charge in [-0.1, -0.05) is 19.4 Å². The molecule has 1 rings (SSSR count). The van der Waals surface area contributed by atoms with Gasteiger partial charge in [-0.15, -0.1) is 0 Å². The zero-order chi connectivity index (χ0) is 15.7. The molecule has 0 spiro atoms. The average Bonchev–Trinajstić information content (AvgIpc) is 2.52. The lowest BCUT2D eigenvalue weighted by Crippen LogP contribution is -2.23. The van der Waals surface area contributed by atoms with Crippen molar-refractivity contribution >= 4 is 12.0 Å². The van der Waals surface area contributed by atoms with Gasteiger partial charge in [0.25, 0.3) is 0 Å². The second-order valence-electron chi connectivity index (χ2n) is 4.80. The number of benzene rings is 1. The van der Waals surface area contributed by atoms with E-state index in [1.165, 1.54) is 0 Å². The molecule has 0 saturated carbocycles. The van der Waals surface area contributed by atoms with Crippen LogP contribution in [-0.4, -0.2) is 38.1 Å². The highest BCUT2D eigenvalue weighted by molar-refractivity contribution is 5.91. The van der Waals surface area contributed by atoms with Crippen LogP contribution in [0.15, 0.2) is 24.3 Å². The van der Waals surface area contributed by atoms with E-state index >= 15 is 0 Å². The number of hydrogen-bond acceptors (Lipinski definition) is 3. The Morgan fingerprint density at radius 1 is 1.29 bits per heavy atom. The minimum atomic E-state index is -0.0141. The molecular weight excluding hydrogens is 266 g/mol. The molecule has 0 unspecified atom stereocenters. The molecule has 1 amide bonds. The van der Waals surface area contributed by atoms with Gasteiger partial charge >= 0.3 is 0 Å². The Labute approximate surface area is 127 Å². The maximum Gasteiger partial charge on any atom is 0.246 e. The van der Waals surface area contributed by atoms with Gasteiger partial charge in [0.2, 0.25) is 5.91 Å². The summed E-state index contributed by atoms with van der Waals surface area (Å²) in [6, 6.07) is 5.67. The van der Waals surface area contributed by atoms with Crippen molar-refractivity contribution in [2.24, 2.45) is 0 Å². The summed E-state index contributed by atoms with van der Waals surface area (Å²) in [4.78, 5) is 13.4. The Hall–Kier alpha value is -1.97. The molecule has 0 aromatic heterocycles. The van der Waals surface area contributed by atoms with Crippen molar-refractivity contribution in [2.75, 3.05) is 27.3 Å². The molecule has 4 nitrogen and oxygen atoms in total. The molecule has 0 radical (unpaired) electrons. The maximum absolute atomic E-state index is 11.7. The Balaban J connectivity index is 2.77. The number of rotatable bonds is 8. The Morgan fingerprint density at radius 3 is 2.67 bits per heavy atom. The van der Waals surface area contributed by atoms with Crippen LogP contribution >= 0.6 is 0 Å². The molecule has 0 N–H and O–H groups in total. The highest BCUT2D eigenvalue weighted by atomic mass is 16.5. The Bertz CT molecular complexity index is 483. The minimum Gasteiger partial charge on any atom is -0.493 e. The molecule has 0 saturated heterocycles. The Morgan fingerprint density at radius 2 is 2.05 bits per heavy atom. The molecule has 0 aliphatic rings. The third-order valence-electron chi connectivity index (χ3n) is 3.21. The first-order valence-corrected chi connectivity index (χ1v) is 7.36. The molecule has 116 valence electrons. The lowest BCUT2D eigenvalue weighted by atomic mass is 10.2. The molecule has 4 heteroatoms. The zero-order valence-corrected chi connectivity index (χ0v) is 13.4. The van der Waals surface area contributed by atoms with Crippen molar-refractivity contribution in [2.45, 2.75) is 26.7 Å². The van der Waals surface area contributed by atoms with Crippen LogP contribution in [0.5, 0.6) is 11.5 Å². The number of amides is 1. The van der Waals surface area contributed by atoms with Gasteiger partial charge in [-0.2, -0.15) is 0 Å². The normalized spacial score (nSPS) is 10.7. The molecule has 0 atom stereocenters. The lowest BCUT2D eigenvalue weighted by molar-refractivity contribution is -0.124. The van der Waals surface area contributed by atoms with Gasteiger partial charge in [-0.25, -0.2) is 0 Å². The van der Waals surface area contributed by atoms with Crippen LogP contribution in [0.1, 0.15) is 32.3 Å². The predicted molar refractivity (Wildman–Crippen MR) is 85.7 cm³/mol. The number of ether oxygens (including phenoxy) is 2. The van der Waals surface area contributed by atoms with E-state index in [2.05, 4.69) is 6.92 Å². The van der Waals surface area contributed by atoms with Crippen molar-refractivity contribution in [1.29, 1.82) is 0 Å². The van der Waals surface area contributed by atoms with Crippen molar-refractivity contribution in [3.05, 3.63) is 29.8 Å². The van der Waals surface area contributed by atoms with E-state index in [-0.39, 0.29) is 5.91 Å². The standard InChI is InChI=1S/C17H25NO3/c1-5-7-12-21-15-10-8-14(13-16(15)20-4)9-11-17(19)18(3)6-2/h8-11,13H,5-7,12H2,1-4H3/b11-9+. The second-order valence-corrected chi connectivity index (χ2v) is 4.80. The van der Waals surface area contributed by atoms with Crippen molar-refractivity contribution in [3.63, 3.8) is 0 Å². The molecule has 21 heavy (non-hydrogen) atoms. The van der Waals surface area contributed by atoms with Crippen molar-refractivity contribution in [1.82, 2.24) is 4.90 Å². The highest BCUT2D eigenvalue weighted by Crippen LogP contribution is 2.28. The van der Waals surface area contributed by atoms with Gasteiger partial charge in [0.05, 0.1) is 13.7 Å². The number of nitrogens with zero attached hydrogens (tertiary/aromatic N) is 1. The number of carbonyl (C=O) groups excluding carboxylic acids is 1. The summed E-state index contributed by atoms with van der Waals surface area (Å²) in [7, 11) is 3.39. The summed E-state index contributed by atoms with van der Waals surface area (Å²) < 4.78 is 11.0. The highest BCUT2D eigenvalue weighted by Gasteiger charge is 2.05. The lowest BCUT2D eigenvalue weighted by Gasteiger charge is -2.12. The summed E-state index contributed by atoms with van der Waals surface area (Å²) in [6.07, 6.45) is 5.46. The van der Waals surface area contributed by atoms with Crippen LogP contribution in [0.2, 0.25) is 0 Å². The summed E-state index contributed by atoms with van der Waals surface area (Å²) >= 11 is 0. The summed E-state index contributed by atoms with van der Waals surface area (Å²) in [5, 5.41) is 0. The number of unbranched alkanes of at least 4 members (excludes halogenated alkanes) is 1. The number of methoxy groups -OCH3 is 1. The van der Waals surface area contributed by atoms with Crippen LogP contribution in [0.3, 0.4) is 0 Å². The third kappa shape index (κ3) is 5.50. The summed E-state index contributed by atoms with van der Waals surface area (Å²) in [6.45, 7) is 5.44. The predicted octanol–water partition coefficient (Wildman–Crippen LogP) is 3.37. The fraction of sp³-hybridized carbons (Fsp3) is 0.471. The molecule has 1 aromatic rings. The summed E-state index contributed by atoms with van der Waals surface area (Å²) in [5.74, 6) is 1.41. The van der Waals surface area contributed by atoms with E-state index in [4.69, 9.17) is 9.47 Å². The monoisotopic (exact) mass is 291 g/mol. The van der Waals surface area contributed by atoms with Crippen molar-refractivity contribution in [3.8, 4) is 11.5 Å². The molecule has 0 aliphatic carbocycles. The van der Waals surface area contributed by atoms with Crippen LogP contribution in [0.4, 0.5) is 0 Å². The van der Waals surface area contributed by atoms with Crippen molar-refractivity contribution < 1.29 is 14.3 Å². The average molecular weight is 291 g/mol. The van der Waals surface area contributed by atoms with E-state index in [1.54, 1.807) is 31.2 Å². The summed E-state index contributed by atoms with van der Waals surface area (Å²) in [5.41, 5.74) is 0.910. The van der Waals surface area contributed by atoms with Gasteiger partial charge in [0.1, 0.15) is 0 Å². The van der Waals surface area contributed by atoms with E-state index in [9.17, 15) is 4.79 Å². The number of likely N-dealkylation sites (N-methyl/N-ethyl adjacent to an activating group) is 1. The number of hydrogen-bond donors (Lipinski definition) is 0. The van der Waals surface area contributed by atoms with E-state index in [0.29, 0.717) is 18.9 Å². The van der Waals surface area contributed by atoms with Crippen LogP contribution in [-0.2, 0) is 4.79 Å². The molecule has 0 aliphatic heterocycles. The topological polar surface area (TPSA) is 38.8 Å². The molecule has 0 fully saturated rings. The molecule has 1 aromatic carbocycles. The second kappa shape index (κ2) is 9.06. The van der Waals surface area contributed by atoms with Gasteiger partial charge in [-0.3, -0.25) is 4.79 Å². The fourth-order valence-corrected chi connectivity index (χ4v) is 1.68. The number of carbonyl (C=O) groups is 1. The first-order chi connectivity index (χ1) is 10.1. The maximum atomic E-state index is 11.7. The zero-order valence-electron chi connectivity index (χ0n) is 13.4. The van der Waals surface area contributed by atoms with Crippen LogP contribution < -0.4 is 9.47 Å². The van der Waals surface area contributed by atoms with Gasteiger partial charge in [0, 0.05) is 19.7 Å². The van der Waals surface area contributed by atoms with Crippen LogP contribution in [0, 0.1) is 0 Å². The molecular formula is C17H25NO3. The quantitative estimate of drug-likeness (QED) is 0.544. The molecule has 0 heterocycles. The van der Waals surface area contributed by atoms with Crippen LogP contribution in [0.25, 0.3) is 6.08 Å². The third-order valence-corrected chi connectivity index (χ3v) is 3.21. The first kappa shape index (κ1) is 17.1. The smallest absolute Gasteiger partial charge is 0.246 e. The molecule has 0 bridgehead atoms. The van der Waals surface area contributed by atoms with E-state index < -0.39 is 0 Å². The minimum absolute atomic E-state index is 0.0141. The van der Waals surface area contributed by atoms with E-state index in [1.807, 2.05) is 25.1 Å².